The Hall–Kier alpha value is -2.09. The topological polar surface area (TPSA) is 39.5 Å². The molecule has 1 heterocycles. The van der Waals surface area contributed by atoms with Crippen molar-refractivity contribution >= 4 is 10.8 Å². The van der Waals surface area contributed by atoms with Crippen LogP contribution in [-0.2, 0) is 6.54 Å². The second-order valence-electron chi connectivity index (χ2n) is 7.34. The number of piperazine rings is 1. The van der Waals surface area contributed by atoms with E-state index in [1.165, 1.54) is 29.2 Å². The van der Waals surface area contributed by atoms with Gasteiger partial charge in [-0.05, 0) is 23.3 Å². The molecule has 0 atom stereocenters. The predicted octanol–water partition coefficient (Wildman–Crippen LogP) is 4.44. The highest BCUT2D eigenvalue weighted by Crippen LogP contribution is 2.30. The molecule has 4 heteroatoms. The van der Waals surface area contributed by atoms with Crippen molar-refractivity contribution < 1.29 is 4.74 Å². The molecule has 0 radical (unpaired) electrons. The van der Waals surface area contributed by atoms with E-state index in [-0.39, 0.29) is 0 Å². The molecule has 1 saturated heterocycles. The van der Waals surface area contributed by atoms with Crippen LogP contribution in [0.25, 0.3) is 10.8 Å². The number of benzene rings is 2. The van der Waals surface area contributed by atoms with Crippen LogP contribution in [-0.4, -0.2) is 49.1 Å². The van der Waals surface area contributed by atoms with Gasteiger partial charge in [0.25, 0.3) is 0 Å². The summed E-state index contributed by atoms with van der Waals surface area (Å²) in [5, 5.41) is 11.4. The van der Waals surface area contributed by atoms with E-state index in [2.05, 4.69) is 59.2 Å². The van der Waals surface area contributed by atoms with Crippen LogP contribution in [0.1, 0.15) is 38.2 Å². The van der Waals surface area contributed by atoms with Crippen molar-refractivity contribution in [1.29, 1.82) is 5.26 Å². The van der Waals surface area contributed by atoms with Crippen LogP contribution in [0.4, 0.5) is 0 Å². The second kappa shape index (κ2) is 10.3. The molecule has 0 N–H and O–H groups in total. The highest BCUT2D eigenvalue weighted by Gasteiger charge is 2.19. The van der Waals surface area contributed by atoms with Crippen molar-refractivity contribution in [3.05, 3.63) is 42.0 Å². The highest BCUT2D eigenvalue weighted by atomic mass is 16.5. The van der Waals surface area contributed by atoms with Crippen LogP contribution in [0, 0.1) is 11.3 Å². The molecule has 1 fully saturated rings. The van der Waals surface area contributed by atoms with Crippen molar-refractivity contribution in [2.24, 2.45) is 0 Å². The molecule has 2 aromatic rings. The summed E-state index contributed by atoms with van der Waals surface area (Å²) >= 11 is 0. The van der Waals surface area contributed by atoms with E-state index in [1.54, 1.807) is 0 Å². The van der Waals surface area contributed by atoms with Gasteiger partial charge in [-0.1, -0.05) is 50.1 Å². The van der Waals surface area contributed by atoms with Crippen molar-refractivity contribution in [3.8, 4) is 11.8 Å². The van der Waals surface area contributed by atoms with E-state index in [4.69, 9.17) is 10.00 Å². The molecule has 0 saturated carbocycles. The van der Waals surface area contributed by atoms with E-state index in [0.29, 0.717) is 6.42 Å². The van der Waals surface area contributed by atoms with Gasteiger partial charge in [-0.3, -0.25) is 9.80 Å². The molecule has 144 valence electrons. The number of hydrogen-bond donors (Lipinski definition) is 0. The third-order valence-corrected chi connectivity index (χ3v) is 5.39. The summed E-state index contributed by atoms with van der Waals surface area (Å²) in [6.07, 6.45) is 4.16. The van der Waals surface area contributed by atoms with Crippen LogP contribution in [0.5, 0.6) is 5.75 Å². The van der Waals surface area contributed by atoms with Gasteiger partial charge in [0.05, 0.1) is 12.7 Å². The molecule has 0 amide bonds. The number of ether oxygens (including phenoxy) is 1. The Kier molecular flexibility index (Phi) is 7.50. The number of unbranched alkanes of at least 4 members (excludes halogenated alkanes) is 2. The molecule has 1 aliphatic rings. The Bertz CT molecular complexity index is 760. The second-order valence-corrected chi connectivity index (χ2v) is 7.34. The third kappa shape index (κ3) is 5.45. The number of nitriles is 1. The predicted molar refractivity (Wildman–Crippen MR) is 111 cm³/mol. The Balaban J connectivity index is 1.71. The van der Waals surface area contributed by atoms with Gasteiger partial charge in [0.15, 0.2) is 0 Å². The summed E-state index contributed by atoms with van der Waals surface area (Å²) in [7, 11) is 0. The minimum atomic E-state index is 0.624. The maximum Gasteiger partial charge on any atom is 0.124 e. The first-order valence-electron chi connectivity index (χ1n) is 10.3. The first-order chi connectivity index (χ1) is 13.3. The van der Waals surface area contributed by atoms with Crippen molar-refractivity contribution in [2.75, 3.05) is 39.3 Å². The van der Waals surface area contributed by atoms with E-state index in [0.717, 1.165) is 58.0 Å². The zero-order valence-electron chi connectivity index (χ0n) is 16.5. The summed E-state index contributed by atoms with van der Waals surface area (Å²) in [5.41, 5.74) is 1.31. The molecule has 1 aliphatic heterocycles. The summed E-state index contributed by atoms with van der Waals surface area (Å²) in [6, 6.07) is 15.2. The average Bonchev–Trinajstić information content (AvgIpc) is 2.72. The van der Waals surface area contributed by atoms with Crippen molar-refractivity contribution in [3.63, 3.8) is 0 Å². The normalized spacial score (nSPS) is 15.7. The Morgan fingerprint density at radius 3 is 2.56 bits per heavy atom. The first kappa shape index (κ1) is 19.7. The quantitative estimate of drug-likeness (QED) is 0.616. The smallest absolute Gasteiger partial charge is 0.124 e. The van der Waals surface area contributed by atoms with Crippen molar-refractivity contribution in [2.45, 2.75) is 39.2 Å². The Morgan fingerprint density at radius 2 is 1.78 bits per heavy atom. The molecule has 0 aromatic heterocycles. The monoisotopic (exact) mass is 365 g/mol. The molecule has 0 bridgehead atoms. The number of nitrogens with zero attached hydrogens (tertiary/aromatic N) is 3. The van der Waals surface area contributed by atoms with Crippen LogP contribution >= 0.6 is 0 Å². The summed E-state index contributed by atoms with van der Waals surface area (Å²) < 4.78 is 6.19. The van der Waals surface area contributed by atoms with Gasteiger partial charge < -0.3 is 4.74 Å². The van der Waals surface area contributed by atoms with Crippen molar-refractivity contribution in [1.82, 2.24) is 9.80 Å². The molecule has 4 nitrogen and oxygen atoms in total. The summed E-state index contributed by atoms with van der Waals surface area (Å²) in [5.74, 6) is 1.04. The highest BCUT2D eigenvalue weighted by molar-refractivity contribution is 5.87. The maximum atomic E-state index is 8.78. The standard InChI is InChI=1S/C23H31N3O/c1-2-3-6-18-27-23-11-10-20-8-4-5-9-21(20)22(23)19-26-16-14-25(15-17-26)13-7-12-24/h4-5,8-11H,2-3,6-7,13-19H2,1H3. The number of fused-ring (bicyclic) bond motifs is 1. The fourth-order valence-corrected chi connectivity index (χ4v) is 3.75. The van der Waals surface area contributed by atoms with E-state index in [1.807, 2.05) is 0 Å². The lowest BCUT2D eigenvalue weighted by Gasteiger charge is -2.34. The summed E-state index contributed by atoms with van der Waals surface area (Å²) in [4.78, 5) is 4.91. The van der Waals surface area contributed by atoms with Crippen LogP contribution in [0.3, 0.4) is 0 Å². The molecule has 2 aromatic carbocycles. The molecular weight excluding hydrogens is 334 g/mol. The van der Waals surface area contributed by atoms with E-state index >= 15 is 0 Å². The first-order valence-corrected chi connectivity index (χ1v) is 10.3. The maximum absolute atomic E-state index is 8.78. The van der Waals surface area contributed by atoms with E-state index < -0.39 is 0 Å². The number of hydrogen-bond acceptors (Lipinski definition) is 4. The van der Waals surface area contributed by atoms with E-state index in [9.17, 15) is 0 Å². The molecule has 3 rings (SSSR count). The largest absolute Gasteiger partial charge is 0.493 e. The van der Waals surface area contributed by atoms with Crippen LogP contribution < -0.4 is 4.74 Å². The SMILES string of the molecule is CCCCCOc1ccc2ccccc2c1CN1CCN(CCC#N)CC1. The minimum Gasteiger partial charge on any atom is -0.493 e. The van der Waals surface area contributed by atoms with Gasteiger partial charge in [0.2, 0.25) is 0 Å². The fourth-order valence-electron chi connectivity index (χ4n) is 3.75. The van der Waals surface area contributed by atoms with Crippen LogP contribution in [0.2, 0.25) is 0 Å². The Morgan fingerprint density at radius 1 is 1.00 bits per heavy atom. The minimum absolute atomic E-state index is 0.624. The van der Waals surface area contributed by atoms with Gasteiger partial charge in [-0.2, -0.15) is 5.26 Å². The number of rotatable bonds is 9. The molecule has 0 aliphatic carbocycles. The molecule has 0 spiro atoms. The summed E-state index contributed by atoms with van der Waals surface area (Å²) in [6.45, 7) is 9.01. The lowest BCUT2D eigenvalue weighted by molar-refractivity contribution is 0.128. The lowest BCUT2D eigenvalue weighted by Crippen LogP contribution is -2.46. The van der Waals surface area contributed by atoms with Gasteiger partial charge in [-0.15, -0.1) is 0 Å². The van der Waals surface area contributed by atoms with Gasteiger partial charge in [-0.25, -0.2) is 0 Å². The van der Waals surface area contributed by atoms with Gasteiger partial charge >= 0.3 is 0 Å². The molecule has 27 heavy (non-hydrogen) atoms. The zero-order valence-corrected chi connectivity index (χ0v) is 16.5. The third-order valence-electron chi connectivity index (χ3n) is 5.39. The average molecular weight is 366 g/mol. The fraction of sp³-hybridized carbons (Fsp3) is 0.522. The van der Waals surface area contributed by atoms with Gasteiger partial charge in [0, 0.05) is 51.3 Å². The Labute approximate surface area is 163 Å². The molecular formula is C23H31N3O. The van der Waals surface area contributed by atoms with Crippen LogP contribution in [0.15, 0.2) is 36.4 Å². The van der Waals surface area contributed by atoms with Gasteiger partial charge in [0.1, 0.15) is 5.75 Å². The lowest BCUT2D eigenvalue weighted by atomic mass is 10.0. The molecule has 0 unspecified atom stereocenters. The zero-order chi connectivity index (χ0) is 18.9.